The second kappa shape index (κ2) is 8.08. The second-order valence-corrected chi connectivity index (χ2v) is 7.45. The maximum atomic E-state index is 12.7. The minimum Gasteiger partial charge on any atom is -0.454 e. The molecule has 150 valence electrons. The van der Waals surface area contributed by atoms with Gasteiger partial charge in [-0.1, -0.05) is 18.9 Å². The number of imide groups is 1. The quantitative estimate of drug-likeness (QED) is 0.781. The molecule has 0 bridgehead atoms. The van der Waals surface area contributed by atoms with Crippen molar-refractivity contribution in [1.82, 2.24) is 15.1 Å². The smallest absolute Gasteiger partial charge is 0.325 e. The third-order valence-electron chi connectivity index (χ3n) is 5.49. The fourth-order valence-corrected chi connectivity index (χ4v) is 3.89. The monoisotopic (exact) mass is 387 g/mol. The van der Waals surface area contributed by atoms with Crippen molar-refractivity contribution >= 4 is 17.8 Å². The topological polar surface area (TPSA) is 88.2 Å². The molecule has 4 rings (SSSR count). The Kier molecular flexibility index (Phi) is 5.36. The van der Waals surface area contributed by atoms with Crippen LogP contribution in [0.1, 0.15) is 44.1 Å². The predicted octanol–water partition coefficient (Wildman–Crippen LogP) is 2.02. The average molecular weight is 387 g/mol. The molecule has 8 heteroatoms. The standard InChI is InChI=1S/C20H25N3O5/c24-18(22-9-3-1-2-4-10-22)8-6-15-19(25)23(20(26)21-15)12-14-5-7-16-17(11-14)28-13-27-16/h5,7,11,15H,1-4,6,8-10,12-13H2,(H,21,26)/t15-/m0/s1. The fourth-order valence-electron chi connectivity index (χ4n) is 3.89. The van der Waals surface area contributed by atoms with Gasteiger partial charge in [-0.2, -0.15) is 0 Å². The molecule has 1 N–H and O–H groups in total. The number of hydrogen-bond acceptors (Lipinski definition) is 5. The van der Waals surface area contributed by atoms with Crippen LogP contribution in [0.5, 0.6) is 11.5 Å². The summed E-state index contributed by atoms with van der Waals surface area (Å²) in [7, 11) is 0. The minimum atomic E-state index is -0.641. The number of hydrogen-bond donors (Lipinski definition) is 1. The Morgan fingerprint density at radius 2 is 1.82 bits per heavy atom. The number of carbonyl (C=O) groups excluding carboxylic acids is 3. The van der Waals surface area contributed by atoms with E-state index in [1.807, 2.05) is 11.0 Å². The van der Waals surface area contributed by atoms with Gasteiger partial charge in [0.25, 0.3) is 5.91 Å². The van der Waals surface area contributed by atoms with Crippen molar-refractivity contribution in [2.75, 3.05) is 19.9 Å². The van der Waals surface area contributed by atoms with Crippen molar-refractivity contribution < 1.29 is 23.9 Å². The molecule has 8 nitrogen and oxygen atoms in total. The highest BCUT2D eigenvalue weighted by molar-refractivity contribution is 6.04. The van der Waals surface area contributed by atoms with Gasteiger partial charge in [-0.3, -0.25) is 14.5 Å². The molecule has 2 fully saturated rings. The van der Waals surface area contributed by atoms with Gasteiger partial charge in [0.1, 0.15) is 6.04 Å². The molecule has 1 atom stereocenters. The molecule has 3 heterocycles. The minimum absolute atomic E-state index is 0.0677. The highest BCUT2D eigenvalue weighted by atomic mass is 16.7. The molecule has 1 aromatic carbocycles. The molecule has 2 saturated heterocycles. The second-order valence-electron chi connectivity index (χ2n) is 7.45. The van der Waals surface area contributed by atoms with Crippen LogP contribution in [0.2, 0.25) is 0 Å². The lowest BCUT2D eigenvalue weighted by atomic mass is 10.1. The molecule has 1 aromatic rings. The van der Waals surface area contributed by atoms with Crippen LogP contribution in [-0.4, -0.2) is 53.6 Å². The van der Waals surface area contributed by atoms with E-state index in [1.165, 1.54) is 4.90 Å². The highest BCUT2D eigenvalue weighted by Crippen LogP contribution is 2.33. The maximum Gasteiger partial charge on any atom is 0.325 e. The Morgan fingerprint density at radius 1 is 1.07 bits per heavy atom. The SMILES string of the molecule is O=C(CC[C@@H]1NC(=O)N(Cc2ccc3c(c2)OCO3)C1=O)N1CCCCCC1. The van der Waals surface area contributed by atoms with Gasteiger partial charge in [-0.25, -0.2) is 4.79 Å². The van der Waals surface area contributed by atoms with Gasteiger partial charge in [0.15, 0.2) is 11.5 Å². The van der Waals surface area contributed by atoms with Gasteiger partial charge >= 0.3 is 6.03 Å². The number of fused-ring (bicyclic) bond motifs is 1. The van der Waals surface area contributed by atoms with Gasteiger partial charge in [0, 0.05) is 19.5 Å². The Bertz CT molecular complexity index is 773. The number of nitrogens with one attached hydrogen (secondary N) is 1. The van der Waals surface area contributed by atoms with E-state index in [0.29, 0.717) is 17.9 Å². The van der Waals surface area contributed by atoms with Crippen molar-refractivity contribution in [1.29, 1.82) is 0 Å². The van der Waals surface area contributed by atoms with E-state index in [2.05, 4.69) is 5.32 Å². The number of rotatable bonds is 5. The number of ether oxygens (including phenoxy) is 2. The summed E-state index contributed by atoms with van der Waals surface area (Å²) >= 11 is 0. The van der Waals surface area contributed by atoms with Gasteiger partial charge < -0.3 is 19.7 Å². The molecular weight excluding hydrogens is 362 g/mol. The van der Waals surface area contributed by atoms with Crippen molar-refractivity contribution in [2.24, 2.45) is 0 Å². The Labute approximate surface area is 163 Å². The Hall–Kier alpha value is -2.77. The Morgan fingerprint density at radius 3 is 2.61 bits per heavy atom. The van der Waals surface area contributed by atoms with Crippen LogP contribution in [-0.2, 0) is 16.1 Å². The zero-order chi connectivity index (χ0) is 19.5. The highest BCUT2D eigenvalue weighted by Gasteiger charge is 2.38. The lowest BCUT2D eigenvalue weighted by molar-refractivity contribution is -0.131. The van der Waals surface area contributed by atoms with Crippen LogP contribution in [0.25, 0.3) is 0 Å². The van der Waals surface area contributed by atoms with Crippen molar-refractivity contribution in [3.05, 3.63) is 23.8 Å². The summed E-state index contributed by atoms with van der Waals surface area (Å²) in [6, 6.07) is 4.30. The van der Waals surface area contributed by atoms with Gasteiger partial charge in [-0.15, -0.1) is 0 Å². The first-order valence-corrected chi connectivity index (χ1v) is 9.90. The van der Waals surface area contributed by atoms with E-state index >= 15 is 0 Å². The molecule has 0 radical (unpaired) electrons. The number of urea groups is 1. The van der Waals surface area contributed by atoms with Gasteiger partial charge in [0.05, 0.1) is 6.54 Å². The Balaban J connectivity index is 1.32. The van der Waals surface area contributed by atoms with Crippen LogP contribution >= 0.6 is 0 Å². The molecule has 0 aliphatic carbocycles. The first kappa shape index (κ1) is 18.6. The summed E-state index contributed by atoms with van der Waals surface area (Å²) in [5.41, 5.74) is 0.786. The number of nitrogens with zero attached hydrogens (tertiary/aromatic N) is 2. The third kappa shape index (κ3) is 3.90. The van der Waals surface area contributed by atoms with E-state index in [9.17, 15) is 14.4 Å². The summed E-state index contributed by atoms with van der Waals surface area (Å²) in [5, 5.41) is 2.71. The van der Waals surface area contributed by atoms with E-state index in [4.69, 9.17) is 9.47 Å². The zero-order valence-corrected chi connectivity index (χ0v) is 15.8. The summed E-state index contributed by atoms with van der Waals surface area (Å²) in [4.78, 5) is 40.4. The number of benzene rings is 1. The normalized spacial score (nSPS) is 21.6. The first-order valence-electron chi connectivity index (χ1n) is 9.90. The largest absolute Gasteiger partial charge is 0.454 e. The maximum absolute atomic E-state index is 12.7. The molecule has 3 aliphatic rings. The summed E-state index contributed by atoms with van der Waals surface area (Å²) in [5.74, 6) is 1.06. The molecule has 4 amide bonds. The molecule has 28 heavy (non-hydrogen) atoms. The third-order valence-corrected chi connectivity index (χ3v) is 5.49. The van der Waals surface area contributed by atoms with Crippen molar-refractivity contribution in [3.8, 4) is 11.5 Å². The molecule has 0 aromatic heterocycles. The summed E-state index contributed by atoms with van der Waals surface area (Å²) in [6.45, 7) is 1.92. The molecule has 0 saturated carbocycles. The van der Waals surface area contributed by atoms with Crippen LogP contribution in [0.4, 0.5) is 4.79 Å². The lowest BCUT2D eigenvalue weighted by Gasteiger charge is -2.20. The van der Waals surface area contributed by atoms with Crippen molar-refractivity contribution in [2.45, 2.75) is 51.1 Å². The van der Waals surface area contributed by atoms with Crippen molar-refractivity contribution in [3.63, 3.8) is 0 Å². The number of likely N-dealkylation sites (tertiary alicyclic amines) is 1. The van der Waals surface area contributed by atoms with E-state index in [1.54, 1.807) is 12.1 Å². The van der Waals surface area contributed by atoms with E-state index in [-0.39, 0.29) is 31.6 Å². The zero-order valence-electron chi connectivity index (χ0n) is 15.8. The van der Waals surface area contributed by atoms with Gasteiger partial charge in [0.2, 0.25) is 12.7 Å². The lowest BCUT2D eigenvalue weighted by Crippen LogP contribution is -2.35. The molecule has 3 aliphatic heterocycles. The first-order chi connectivity index (χ1) is 13.6. The van der Waals surface area contributed by atoms with Gasteiger partial charge in [-0.05, 0) is 37.0 Å². The van der Waals surface area contributed by atoms with E-state index < -0.39 is 12.1 Å². The molecular formula is C20H25N3O5. The summed E-state index contributed by atoms with van der Waals surface area (Å²) < 4.78 is 10.6. The summed E-state index contributed by atoms with van der Waals surface area (Å²) in [6.07, 6.45) is 5.00. The average Bonchev–Trinajstić information content (AvgIpc) is 3.13. The number of amides is 4. The predicted molar refractivity (Wildman–Crippen MR) is 99.7 cm³/mol. The van der Waals surface area contributed by atoms with Crippen LogP contribution in [0.3, 0.4) is 0 Å². The molecule has 0 unspecified atom stereocenters. The number of carbonyl (C=O) groups is 3. The van der Waals surface area contributed by atoms with E-state index in [0.717, 1.165) is 44.3 Å². The van der Waals surface area contributed by atoms with Crippen LogP contribution < -0.4 is 14.8 Å². The van der Waals surface area contributed by atoms with Crippen LogP contribution in [0.15, 0.2) is 18.2 Å². The molecule has 0 spiro atoms. The fraction of sp³-hybridized carbons (Fsp3) is 0.550. The van der Waals surface area contributed by atoms with Crippen LogP contribution in [0, 0.1) is 0 Å².